The van der Waals surface area contributed by atoms with E-state index in [0.29, 0.717) is 23.0 Å². The van der Waals surface area contributed by atoms with Crippen LogP contribution in [0.15, 0.2) is 48.5 Å². The summed E-state index contributed by atoms with van der Waals surface area (Å²) in [4.78, 5) is 27.4. The number of hydrogen-bond donors (Lipinski definition) is 0. The molecule has 0 N–H and O–H groups in total. The SMILES string of the molecule is CC(=O)N(CCc1ccc(Cl)cc1Cl)CC(=O)N(C)c1ccccc1. The van der Waals surface area contributed by atoms with E-state index in [0.717, 1.165) is 11.3 Å². The number of para-hydroxylation sites is 1. The van der Waals surface area contributed by atoms with Gasteiger partial charge in [0.1, 0.15) is 6.54 Å². The molecule has 25 heavy (non-hydrogen) atoms. The van der Waals surface area contributed by atoms with Crippen LogP contribution in [0, 0.1) is 0 Å². The van der Waals surface area contributed by atoms with Crippen molar-refractivity contribution in [3.05, 3.63) is 64.1 Å². The second-order valence-corrected chi connectivity index (χ2v) is 6.56. The monoisotopic (exact) mass is 378 g/mol. The van der Waals surface area contributed by atoms with E-state index in [9.17, 15) is 9.59 Å². The number of carbonyl (C=O) groups is 2. The predicted octanol–water partition coefficient (Wildman–Crippen LogP) is 4.05. The van der Waals surface area contributed by atoms with E-state index in [-0.39, 0.29) is 18.4 Å². The van der Waals surface area contributed by atoms with Gasteiger partial charge in [0.2, 0.25) is 11.8 Å². The number of hydrogen-bond acceptors (Lipinski definition) is 2. The minimum Gasteiger partial charge on any atom is -0.333 e. The highest BCUT2D eigenvalue weighted by atomic mass is 35.5. The van der Waals surface area contributed by atoms with E-state index >= 15 is 0 Å². The molecule has 6 heteroatoms. The van der Waals surface area contributed by atoms with Crippen molar-refractivity contribution in [2.24, 2.45) is 0 Å². The summed E-state index contributed by atoms with van der Waals surface area (Å²) in [6.07, 6.45) is 0.553. The molecule has 2 aromatic carbocycles. The fraction of sp³-hybridized carbons (Fsp3) is 0.263. The van der Waals surface area contributed by atoms with Crippen LogP contribution in [-0.2, 0) is 16.0 Å². The van der Waals surface area contributed by atoms with Crippen molar-refractivity contribution in [1.82, 2.24) is 4.90 Å². The van der Waals surface area contributed by atoms with E-state index in [4.69, 9.17) is 23.2 Å². The standard InChI is InChI=1S/C19H20Cl2N2O2/c1-14(24)23(11-10-15-8-9-16(20)12-18(15)21)13-19(25)22(2)17-6-4-3-5-7-17/h3-9,12H,10-11,13H2,1-2H3. The number of benzene rings is 2. The van der Waals surface area contributed by atoms with Gasteiger partial charge < -0.3 is 9.80 Å². The highest BCUT2D eigenvalue weighted by molar-refractivity contribution is 6.35. The maximum Gasteiger partial charge on any atom is 0.246 e. The van der Waals surface area contributed by atoms with E-state index < -0.39 is 0 Å². The number of anilines is 1. The van der Waals surface area contributed by atoms with Crippen molar-refractivity contribution in [2.75, 3.05) is 25.0 Å². The van der Waals surface area contributed by atoms with Gasteiger partial charge in [-0.2, -0.15) is 0 Å². The van der Waals surface area contributed by atoms with Gasteiger partial charge in [-0.25, -0.2) is 0 Å². The van der Waals surface area contributed by atoms with Crippen LogP contribution >= 0.6 is 23.2 Å². The first-order valence-electron chi connectivity index (χ1n) is 7.89. The second-order valence-electron chi connectivity index (χ2n) is 5.71. The fourth-order valence-corrected chi connectivity index (χ4v) is 2.90. The van der Waals surface area contributed by atoms with Crippen molar-refractivity contribution >= 4 is 40.7 Å². The Hall–Kier alpha value is -2.04. The highest BCUT2D eigenvalue weighted by Crippen LogP contribution is 2.21. The molecule has 0 aromatic heterocycles. The van der Waals surface area contributed by atoms with Crippen molar-refractivity contribution in [3.63, 3.8) is 0 Å². The van der Waals surface area contributed by atoms with Gasteiger partial charge in [0.15, 0.2) is 0 Å². The molecule has 0 saturated carbocycles. The van der Waals surface area contributed by atoms with Crippen LogP contribution in [0.2, 0.25) is 10.0 Å². The van der Waals surface area contributed by atoms with Gasteiger partial charge in [-0.3, -0.25) is 9.59 Å². The molecular weight excluding hydrogens is 359 g/mol. The minimum atomic E-state index is -0.153. The van der Waals surface area contributed by atoms with E-state index in [1.54, 1.807) is 24.1 Å². The van der Waals surface area contributed by atoms with Crippen molar-refractivity contribution < 1.29 is 9.59 Å². The number of halogens is 2. The van der Waals surface area contributed by atoms with Gasteiger partial charge in [0, 0.05) is 36.2 Å². The molecule has 0 atom stereocenters. The highest BCUT2D eigenvalue weighted by Gasteiger charge is 2.18. The average molecular weight is 379 g/mol. The van der Waals surface area contributed by atoms with E-state index in [2.05, 4.69) is 0 Å². The lowest BCUT2D eigenvalue weighted by Gasteiger charge is -2.24. The summed E-state index contributed by atoms with van der Waals surface area (Å²) < 4.78 is 0. The van der Waals surface area contributed by atoms with Crippen LogP contribution < -0.4 is 4.90 Å². The second kappa shape index (κ2) is 8.88. The fourth-order valence-electron chi connectivity index (χ4n) is 2.39. The summed E-state index contributed by atoms with van der Waals surface area (Å²) in [7, 11) is 1.70. The molecule has 2 rings (SSSR count). The maximum absolute atomic E-state index is 12.5. The number of amides is 2. The predicted molar refractivity (Wildman–Crippen MR) is 102 cm³/mol. The average Bonchev–Trinajstić information content (AvgIpc) is 2.59. The third-order valence-electron chi connectivity index (χ3n) is 3.96. The quantitative estimate of drug-likeness (QED) is 0.760. The summed E-state index contributed by atoms with van der Waals surface area (Å²) in [5, 5.41) is 1.13. The Morgan fingerprint density at radius 1 is 1.04 bits per heavy atom. The topological polar surface area (TPSA) is 40.6 Å². The van der Waals surface area contributed by atoms with Crippen LogP contribution in [0.1, 0.15) is 12.5 Å². The van der Waals surface area contributed by atoms with Gasteiger partial charge in [-0.15, -0.1) is 0 Å². The molecule has 0 spiro atoms. The lowest BCUT2D eigenvalue weighted by atomic mass is 10.1. The van der Waals surface area contributed by atoms with Crippen molar-refractivity contribution in [1.29, 1.82) is 0 Å². The summed E-state index contributed by atoms with van der Waals surface area (Å²) in [6.45, 7) is 1.89. The lowest BCUT2D eigenvalue weighted by Crippen LogP contribution is -2.41. The molecular formula is C19H20Cl2N2O2. The van der Waals surface area contributed by atoms with Crippen LogP contribution in [0.5, 0.6) is 0 Å². The Kier molecular flexibility index (Phi) is 6.85. The number of likely N-dealkylation sites (N-methyl/N-ethyl adjacent to an activating group) is 1. The van der Waals surface area contributed by atoms with Gasteiger partial charge in [0.05, 0.1) is 0 Å². The van der Waals surface area contributed by atoms with E-state index in [1.165, 1.54) is 11.8 Å². The Labute approximate surface area is 157 Å². The van der Waals surface area contributed by atoms with Crippen molar-refractivity contribution in [3.8, 4) is 0 Å². The zero-order valence-electron chi connectivity index (χ0n) is 14.2. The van der Waals surface area contributed by atoms with E-state index in [1.807, 2.05) is 36.4 Å². The molecule has 2 amide bonds. The zero-order chi connectivity index (χ0) is 18.4. The summed E-state index contributed by atoms with van der Waals surface area (Å²) in [5.41, 5.74) is 1.68. The zero-order valence-corrected chi connectivity index (χ0v) is 15.7. The molecule has 2 aromatic rings. The van der Waals surface area contributed by atoms with Gasteiger partial charge >= 0.3 is 0 Å². The molecule has 132 valence electrons. The molecule has 0 saturated heterocycles. The first-order chi connectivity index (χ1) is 11.9. The molecule has 0 bridgehead atoms. The molecule has 0 unspecified atom stereocenters. The third-order valence-corrected chi connectivity index (χ3v) is 4.54. The molecule has 0 fully saturated rings. The smallest absolute Gasteiger partial charge is 0.246 e. The Balaban J connectivity index is 2.00. The van der Waals surface area contributed by atoms with Gasteiger partial charge in [-0.1, -0.05) is 47.5 Å². The Morgan fingerprint density at radius 2 is 1.72 bits per heavy atom. The van der Waals surface area contributed by atoms with Gasteiger partial charge in [0.25, 0.3) is 0 Å². The van der Waals surface area contributed by atoms with Crippen LogP contribution in [0.25, 0.3) is 0 Å². The number of carbonyl (C=O) groups excluding carboxylic acids is 2. The molecule has 4 nitrogen and oxygen atoms in total. The lowest BCUT2D eigenvalue weighted by molar-refractivity contribution is -0.133. The molecule has 0 aliphatic carbocycles. The summed E-state index contributed by atoms with van der Waals surface area (Å²) in [5.74, 6) is -0.302. The maximum atomic E-state index is 12.5. The Morgan fingerprint density at radius 3 is 2.32 bits per heavy atom. The molecule has 0 radical (unpaired) electrons. The van der Waals surface area contributed by atoms with Crippen LogP contribution in [-0.4, -0.2) is 36.9 Å². The normalized spacial score (nSPS) is 10.4. The summed E-state index contributed by atoms with van der Waals surface area (Å²) >= 11 is 12.1. The number of rotatable bonds is 6. The van der Waals surface area contributed by atoms with Crippen LogP contribution in [0.3, 0.4) is 0 Å². The first kappa shape index (κ1) is 19.3. The number of nitrogens with zero attached hydrogens (tertiary/aromatic N) is 2. The third kappa shape index (κ3) is 5.48. The largest absolute Gasteiger partial charge is 0.333 e. The minimum absolute atomic E-state index is 0.0198. The Bertz CT molecular complexity index is 750. The summed E-state index contributed by atoms with van der Waals surface area (Å²) in [6, 6.07) is 14.6. The van der Waals surface area contributed by atoms with Crippen LogP contribution in [0.4, 0.5) is 5.69 Å². The van der Waals surface area contributed by atoms with Crippen molar-refractivity contribution in [2.45, 2.75) is 13.3 Å². The van der Waals surface area contributed by atoms with Gasteiger partial charge in [-0.05, 0) is 36.2 Å². The first-order valence-corrected chi connectivity index (χ1v) is 8.65. The molecule has 0 aliphatic heterocycles. The molecule has 0 aliphatic rings. The molecule has 0 heterocycles.